The van der Waals surface area contributed by atoms with Gasteiger partial charge in [-0.15, -0.1) is 0 Å². The van der Waals surface area contributed by atoms with E-state index in [2.05, 4.69) is 9.47 Å². The molecule has 0 heterocycles. The maximum atomic E-state index is 12.6. The van der Waals surface area contributed by atoms with Gasteiger partial charge in [0.05, 0.1) is 5.75 Å². The van der Waals surface area contributed by atoms with Gasteiger partial charge in [0, 0.05) is 7.11 Å². The molecule has 0 N–H and O–H groups in total. The number of ether oxygens (including phenoxy) is 2. The minimum atomic E-state index is -5.29. The molecule has 0 fully saturated rings. The van der Waals surface area contributed by atoms with Crippen LogP contribution < -0.4 is 10.2 Å². The largest absolute Gasteiger partial charge is 0.513 e. The molecule has 2 nitrogen and oxygen atoms in total. The number of halogens is 4. The van der Waals surface area contributed by atoms with Gasteiger partial charge in [0.15, 0.2) is 6.79 Å². The predicted molar refractivity (Wildman–Crippen MR) is 47.6 cm³/mol. The SMILES string of the molecule is COCOc1ccc(F)cc1[B-](F)(F)F. The van der Waals surface area contributed by atoms with Crippen LogP contribution in [0.2, 0.25) is 0 Å². The van der Waals surface area contributed by atoms with Crippen LogP contribution in [-0.4, -0.2) is 20.9 Å². The van der Waals surface area contributed by atoms with Gasteiger partial charge in [0.25, 0.3) is 0 Å². The summed E-state index contributed by atoms with van der Waals surface area (Å²) >= 11 is 0. The second-order valence-corrected chi connectivity index (χ2v) is 2.81. The monoisotopic (exact) mass is 223 g/mol. The average Bonchev–Trinajstić information content (AvgIpc) is 2.14. The first-order valence-corrected chi connectivity index (χ1v) is 4.06. The fraction of sp³-hybridized carbons (Fsp3) is 0.250. The van der Waals surface area contributed by atoms with Crippen LogP contribution in [0.3, 0.4) is 0 Å². The van der Waals surface area contributed by atoms with Gasteiger partial charge in [-0.1, -0.05) is 5.46 Å². The fourth-order valence-electron chi connectivity index (χ4n) is 1.03. The lowest BCUT2D eigenvalue weighted by molar-refractivity contribution is 0.0516. The van der Waals surface area contributed by atoms with Crippen molar-refractivity contribution in [3.05, 3.63) is 24.0 Å². The van der Waals surface area contributed by atoms with Crippen LogP contribution in [0, 0.1) is 5.82 Å². The van der Waals surface area contributed by atoms with Gasteiger partial charge in [0.2, 0.25) is 0 Å². The number of benzene rings is 1. The molecule has 7 heteroatoms. The van der Waals surface area contributed by atoms with Gasteiger partial charge in [-0.2, -0.15) is 0 Å². The Labute approximate surface area is 83.9 Å². The van der Waals surface area contributed by atoms with E-state index < -0.39 is 24.0 Å². The highest BCUT2D eigenvalue weighted by Gasteiger charge is 2.29. The summed E-state index contributed by atoms with van der Waals surface area (Å²) in [6.45, 7) is -5.61. The zero-order valence-corrected chi connectivity index (χ0v) is 7.84. The second-order valence-electron chi connectivity index (χ2n) is 2.81. The van der Waals surface area contributed by atoms with Crippen LogP contribution in [-0.2, 0) is 4.74 Å². The highest BCUT2D eigenvalue weighted by atomic mass is 19.4. The summed E-state index contributed by atoms with van der Waals surface area (Å²) in [5.74, 6) is -1.38. The molecule has 0 atom stereocenters. The first-order chi connectivity index (χ1) is 6.95. The van der Waals surface area contributed by atoms with E-state index in [1.807, 2.05) is 0 Å². The van der Waals surface area contributed by atoms with E-state index in [0.29, 0.717) is 6.07 Å². The molecule has 0 bridgehead atoms. The highest BCUT2D eigenvalue weighted by molar-refractivity contribution is 6.74. The maximum absolute atomic E-state index is 12.6. The molecule has 0 aliphatic rings. The van der Waals surface area contributed by atoms with E-state index in [4.69, 9.17) is 0 Å². The highest BCUT2D eigenvalue weighted by Crippen LogP contribution is 2.18. The lowest BCUT2D eigenvalue weighted by Crippen LogP contribution is -2.35. The summed E-state index contributed by atoms with van der Waals surface area (Å²) in [7, 11) is 1.28. The van der Waals surface area contributed by atoms with Crippen molar-refractivity contribution in [3.8, 4) is 5.75 Å². The van der Waals surface area contributed by atoms with Crippen LogP contribution in [0.1, 0.15) is 0 Å². The zero-order valence-electron chi connectivity index (χ0n) is 7.84. The van der Waals surface area contributed by atoms with Crippen molar-refractivity contribution in [2.75, 3.05) is 13.9 Å². The Kier molecular flexibility index (Phi) is 3.57. The van der Waals surface area contributed by atoms with Crippen LogP contribution in [0.4, 0.5) is 17.3 Å². The topological polar surface area (TPSA) is 18.5 Å². The van der Waals surface area contributed by atoms with E-state index in [1.165, 1.54) is 7.11 Å². The van der Waals surface area contributed by atoms with Crippen molar-refractivity contribution in [2.45, 2.75) is 0 Å². The van der Waals surface area contributed by atoms with Crippen molar-refractivity contribution in [1.82, 2.24) is 0 Å². The molecule has 0 saturated heterocycles. The molecule has 0 aromatic heterocycles. The van der Waals surface area contributed by atoms with Crippen LogP contribution in [0.25, 0.3) is 0 Å². The zero-order chi connectivity index (χ0) is 11.5. The number of hydrogen-bond acceptors (Lipinski definition) is 2. The second kappa shape index (κ2) is 4.52. The molecular weight excluding hydrogens is 215 g/mol. The fourth-order valence-corrected chi connectivity index (χ4v) is 1.03. The van der Waals surface area contributed by atoms with Gasteiger partial charge < -0.3 is 22.4 Å². The number of rotatable bonds is 4. The number of hydrogen-bond donors (Lipinski definition) is 0. The molecule has 0 amide bonds. The first kappa shape index (κ1) is 11.8. The molecular formula is C8H8BF4O2-. The van der Waals surface area contributed by atoms with Crippen molar-refractivity contribution in [2.24, 2.45) is 0 Å². The Hall–Kier alpha value is -1.24. The molecule has 15 heavy (non-hydrogen) atoms. The summed E-state index contributed by atoms with van der Waals surface area (Å²) < 4.78 is 59.1. The first-order valence-electron chi connectivity index (χ1n) is 4.06. The van der Waals surface area contributed by atoms with Gasteiger partial charge in [-0.3, -0.25) is 0 Å². The van der Waals surface area contributed by atoms with Crippen molar-refractivity contribution < 1.29 is 26.8 Å². The Balaban J connectivity index is 3.04. The molecule has 0 aliphatic heterocycles. The van der Waals surface area contributed by atoms with E-state index in [1.54, 1.807) is 0 Å². The standard InChI is InChI=1S/C8H8BF4O2/c1-14-5-15-8-3-2-6(10)4-7(8)9(11,12)13/h2-4H,5H2,1H3/q-1. The predicted octanol–water partition coefficient (Wildman–Crippen LogP) is 1.86. The molecule has 1 aromatic carbocycles. The summed E-state index contributed by atoms with van der Waals surface area (Å²) in [4.78, 5) is 0. The van der Waals surface area contributed by atoms with Crippen molar-refractivity contribution in [3.63, 3.8) is 0 Å². The number of methoxy groups -OCH3 is 1. The lowest BCUT2D eigenvalue weighted by atomic mass is 9.79. The molecule has 0 saturated carbocycles. The Morgan fingerprint density at radius 2 is 1.93 bits per heavy atom. The summed E-state index contributed by atoms with van der Waals surface area (Å²) in [6.07, 6.45) is 0. The van der Waals surface area contributed by atoms with Crippen molar-refractivity contribution >= 4 is 12.4 Å². The minimum Gasteiger partial charge on any atom is -0.471 e. The summed E-state index contributed by atoms with van der Waals surface area (Å²) in [6, 6.07) is 2.24. The normalized spacial score (nSPS) is 11.5. The molecule has 1 rings (SSSR count). The summed E-state index contributed by atoms with van der Waals surface area (Å²) in [5, 5.41) is 0. The van der Waals surface area contributed by atoms with Gasteiger partial charge in [-0.05, 0) is 18.2 Å². The average molecular weight is 223 g/mol. The van der Waals surface area contributed by atoms with Crippen LogP contribution in [0.5, 0.6) is 5.75 Å². The van der Waals surface area contributed by atoms with E-state index in [9.17, 15) is 17.3 Å². The van der Waals surface area contributed by atoms with E-state index >= 15 is 0 Å². The van der Waals surface area contributed by atoms with E-state index in [-0.39, 0.29) is 6.79 Å². The Morgan fingerprint density at radius 1 is 1.27 bits per heavy atom. The van der Waals surface area contributed by atoms with Crippen LogP contribution in [0.15, 0.2) is 18.2 Å². The molecule has 0 unspecified atom stereocenters. The third-order valence-corrected chi connectivity index (χ3v) is 1.66. The minimum absolute atomic E-state index is 0.315. The quantitative estimate of drug-likeness (QED) is 0.440. The van der Waals surface area contributed by atoms with E-state index in [0.717, 1.165) is 12.1 Å². The molecule has 1 aromatic rings. The lowest BCUT2D eigenvalue weighted by Gasteiger charge is -2.19. The van der Waals surface area contributed by atoms with Gasteiger partial charge in [-0.25, -0.2) is 4.39 Å². The molecule has 0 aliphatic carbocycles. The molecule has 84 valence electrons. The van der Waals surface area contributed by atoms with Gasteiger partial charge >= 0.3 is 6.98 Å². The molecule has 0 radical (unpaired) electrons. The van der Waals surface area contributed by atoms with Crippen molar-refractivity contribution in [1.29, 1.82) is 0 Å². The smallest absolute Gasteiger partial charge is 0.471 e. The Morgan fingerprint density at radius 3 is 2.47 bits per heavy atom. The third-order valence-electron chi connectivity index (χ3n) is 1.66. The Bertz CT molecular complexity index is 340. The third kappa shape index (κ3) is 3.12. The van der Waals surface area contributed by atoms with Crippen LogP contribution >= 0.6 is 0 Å². The molecule has 0 spiro atoms. The van der Waals surface area contributed by atoms with Gasteiger partial charge in [0.1, 0.15) is 5.82 Å². The summed E-state index contributed by atoms with van der Waals surface area (Å²) in [5.41, 5.74) is -1.09. The maximum Gasteiger partial charge on any atom is 0.513 e.